The van der Waals surface area contributed by atoms with Crippen LogP contribution in [-0.4, -0.2) is 22.8 Å². The first-order valence-corrected chi connectivity index (χ1v) is 10.5. The van der Waals surface area contributed by atoms with Gasteiger partial charge < -0.3 is 4.90 Å². The van der Waals surface area contributed by atoms with Crippen molar-refractivity contribution in [1.29, 1.82) is 0 Å². The number of aliphatic imine (C=N–C) groups is 1. The average Bonchev–Trinajstić information content (AvgIpc) is 3.08. The lowest BCUT2D eigenvalue weighted by molar-refractivity contribution is 0.305. The van der Waals surface area contributed by atoms with Crippen molar-refractivity contribution in [2.75, 3.05) is 6.54 Å². The van der Waals surface area contributed by atoms with Crippen LogP contribution in [0.25, 0.3) is 0 Å². The van der Waals surface area contributed by atoms with Gasteiger partial charge in [0.05, 0.1) is 11.6 Å². The molecule has 0 fully saturated rings. The van der Waals surface area contributed by atoms with E-state index in [2.05, 4.69) is 79.4 Å². The van der Waals surface area contributed by atoms with Gasteiger partial charge in [0.1, 0.15) is 5.84 Å². The van der Waals surface area contributed by atoms with Gasteiger partial charge in [-0.2, -0.15) is 0 Å². The number of benzene rings is 2. The van der Waals surface area contributed by atoms with E-state index in [9.17, 15) is 0 Å². The predicted octanol–water partition coefficient (Wildman–Crippen LogP) is 6.59. The van der Waals surface area contributed by atoms with Gasteiger partial charge in [0.2, 0.25) is 0 Å². The third-order valence-electron chi connectivity index (χ3n) is 5.85. The van der Waals surface area contributed by atoms with Gasteiger partial charge in [0.15, 0.2) is 0 Å². The van der Waals surface area contributed by atoms with Crippen molar-refractivity contribution < 1.29 is 0 Å². The van der Waals surface area contributed by atoms with Crippen LogP contribution in [0.4, 0.5) is 0 Å². The highest BCUT2D eigenvalue weighted by Crippen LogP contribution is 2.39. The fourth-order valence-corrected chi connectivity index (χ4v) is 4.24. The number of allylic oxidation sites excluding steroid dienone is 3. The molecule has 1 heterocycles. The van der Waals surface area contributed by atoms with Gasteiger partial charge in [-0.15, -0.1) is 0 Å². The predicted molar refractivity (Wildman–Crippen MR) is 119 cm³/mol. The summed E-state index contributed by atoms with van der Waals surface area (Å²) < 4.78 is 0. The SMILES string of the molecule is CCC1(C)CN(C(C2=CC=CCC2)c2ccccc2)C(c2ccc(Cl)cc2)=N1. The molecule has 144 valence electrons. The highest BCUT2D eigenvalue weighted by molar-refractivity contribution is 6.30. The normalized spacial score (nSPS) is 22.8. The summed E-state index contributed by atoms with van der Waals surface area (Å²) in [5.41, 5.74) is 3.84. The molecule has 0 saturated carbocycles. The quantitative estimate of drug-likeness (QED) is 0.562. The lowest BCUT2D eigenvalue weighted by atomic mass is 9.90. The summed E-state index contributed by atoms with van der Waals surface area (Å²) in [6.07, 6.45) is 9.94. The van der Waals surface area contributed by atoms with E-state index in [0.29, 0.717) is 0 Å². The minimum Gasteiger partial charge on any atom is -0.343 e. The zero-order valence-electron chi connectivity index (χ0n) is 16.6. The van der Waals surface area contributed by atoms with Crippen LogP contribution >= 0.6 is 11.6 Å². The van der Waals surface area contributed by atoms with E-state index in [4.69, 9.17) is 16.6 Å². The first-order chi connectivity index (χ1) is 13.6. The Morgan fingerprint density at radius 2 is 1.86 bits per heavy atom. The summed E-state index contributed by atoms with van der Waals surface area (Å²) in [6.45, 7) is 5.41. The standard InChI is InChI=1S/C25H27ClN2/c1-3-25(2)18-28(24(27-25)21-14-16-22(26)17-15-21)23(19-10-6-4-7-11-19)20-12-8-5-9-13-20/h4-8,10-12,14-17,23H,3,9,13,18H2,1-2H3. The molecule has 2 atom stereocenters. The van der Waals surface area contributed by atoms with E-state index in [0.717, 1.165) is 42.2 Å². The molecule has 2 aliphatic rings. The topological polar surface area (TPSA) is 15.6 Å². The molecule has 4 rings (SSSR count). The second-order valence-corrected chi connectivity index (χ2v) is 8.38. The van der Waals surface area contributed by atoms with Gasteiger partial charge in [0.25, 0.3) is 0 Å². The van der Waals surface area contributed by atoms with Crippen LogP contribution in [0.2, 0.25) is 5.02 Å². The van der Waals surface area contributed by atoms with Gasteiger partial charge in [0, 0.05) is 17.1 Å². The molecular weight excluding hydrogens is 364 g/mol. The molecule has 0 bridgehead atoms. The summed E-state index contributed by atoms with van der Waals surface area (Å²) in [6, 6.07) is 19.1. The molecular formula is C25H27ClN2. The Balaban J connectivity index is 1.81. The van der Waals surface area contributed by atoms with Crippen molar-refractivity contribution in [1.82, 2.24) is 4.90 Å². The Labute approximate surface area is 173 Å². The minimum atomic E-state index is -0.0763. The van der Waals surface area contributed by atoms with E-state index < -0.39 is 0 Å². The van der Waals surface area contributed by atoms with E-state index in [-0.39, 0.29) is 11.6 Å². The first-order valence-electron chi connectivity index (χ1n) is 10.1. The fourth-order valence-electron chi connectivity index (χ4n) is 4.11. The number of hydrogen-bond donors (Lipinski definition) is 0. The molecule has 2 aromatic rings. The number of halogens is 1. The molecule has 0 spiro atoms. The molecule has 0 amide bonds. The molecule has 0 aromatic heterocycles. The van der Waals surface area contributed by atoms with Crippen LogP contribution in [0, 0.1) is 0 Å². The number of hydrogen-bond acceptors (Lipinski definition) is 2. The second kappa shape index (κ2) is 7.97. The summed E-state index contributed by atoms with van der Waals surface area (Å²) >= 11 is 6.15. The second-order valence-electron chi connectivity index (χ2n) is 7.94. The van der Waals surface area contributed by atoms with Crippen molar-refractivity contribution in [3.8, 4) is 0 Å². The smallest absolute Gasteiger partial charge is 0.132 e. The van der Waals surface area contributed by atoms with Crippen molar-refractivity contribution in [3.05, 3.63) is 94.5 Å². The molecule has 2 nitrogen and oxygen atoms in total. The Morgan fingerprint density at radius 3 is 2.50 bits per heavy atom. The Morgan fingerprint density at radius 1 is 1.11 bits per heavy atom. The van der Waals surface area contributed by atoms with Crippen LogP contribution in [0.5, 0.6) is 0 Å². The molecule has 0 radical (unpaired) electrons. The number of rotatable bonds is 5. The van der Waals surface area contributed by atoms with E-state index >= 15 is 0 Å². The third-order valence-corrected chi connectivity index (χ3v) is 6.10. The molecule has 28 heavy (non-hydrogen) atoms. The number of amidine groups is 1. The van der Waals surface area contributed by atoms with Crippen molar-refractivity contribution in [2.24, 2.45) is 4.99 Å². The summed E-state index contributed by atoms with van der Waals surface area (Å²) in [5.74, 6) is 1.07. The van der Waals surface area contributed by atoms with Crippen LogP contribution in [0.15, 0.2) is 83.4 Å². The monoisotopic (exact) mass is 390 g/mol. The maximum atomic E-state index is 6.15. The summed E-state index contributed by atoms with van der Waals surface area (Å²) in [7, 11) is 0. The van der Waals surface area contributed by atoms with Gasteiger partial charge in [-0.25, -0.2) is 0 Å². The van der Waals surface area contributed by atoms with Crippen LogP contribution in [0.3, 0.4) is 0 Å². The van der Waals surface area contributed by atoms with Crippen LogP contribution in [-0.2, 0) is 0 Å². The molecule has 1 aliphatic carbocycles. The summed E-state index contributed by atoms with van der Waals surface area (Å²) in [5, 5.41) is 0.756. The first kappa shape index (κ1) is 19.0. The molecule has 1 aliphatic heterocycles. The van der Waals surface area contributed by atoms with Gasteiger partial charge in [-0.1, -0.05) is 67.1 Å². The van der Waals surface area contributed by atoms with Crippen molar-refractivity contribution in [3.63, 3.8) is 0 Å². The summed E-state index contributed by atoms with van der Waals surface area (Å²) in [4.78, 5) is 7.72. The molecule has 2 unspecified atom stereocenters. The highest BCUT2D eigenvalue weighted by Gasteiger charge is 2.39. The molecule has 0 saturated heterocycles. The Kier molecular flexibility index (Phi) is 5.41. The Hall–Kier alpha value is -2.32. The van der Waals surface area contributed by atoms with Crippen LogP contribution < -0.4 is 0 Å². The van der Waals surface area contributed by atoms with Gasteiger partial charge in [-0.3, -0.25) is 4.99 Å². The van der Waals surface area contributed by atoms with Gasteiger partial charge in [-0.05, 0) is 61.6 Å². The maximum Gasteiger partial charge on any atom is 0.132 e. The van der Waals surface area contributed by atoms with Gasteiger partial charge >= 0.3 is 0 Å². The average molecular weight is 391 g/mol. The zero-order chi connectivity index (χ0) is 19.6. The molecule has 2 aromatic carbocycles. The lowest BCUT2D eigenvalue weighted by Gasteiger charge is -2.35. The van der Waals surface area contributed by atoms with Crippen molar-refractivity contribution in [2.45, 2.75) is 44.7 Å². The zero-order valence-corrected chi connectivity index (χ0v) is 17.4. The van der Waals surface area contributed by atoms with E-state index in [1.54, 1.807) is 0 Å². The highest BCUT2D eigenvalue weighted by atomic mass is 35.5. The third kappa shape index (κ3) is 3.79. The van der Waals surface area contributed by atoms with Crippen LogP contribution in [0.1, 0.15) is 50.3 Å². The largest absolute Gasteiger partial charge is 0.343 e. The van der Waals surface area contributed by atoms with Crippen molar-refractivity contribution >= 4 is 17.4 Å². The Bertz CT molecular complexity index is 911. The lowest BCUT2D eigenvalue weighted by Crippen LogP contribution is -2.38. The number of nitrogens with zero attached hydrogens (tertiary/aromatic N) is 2. The molecule has 3 heteroatoms. The maximum absolute atomic E-state index is 6.15. The molecule has 0 N–H and O–H groups in total. The minimum absolute atomic E-state index is 0.0763. The van der Waals surface area contributed by atoms with E-state index in [1.165, 1.54) is 11.1 Å². The fraction of sp³-hybridized carbons (Fsp3) is 0.320. The van der Waals surface area contributed by atoms with E-state index in [1.807, 2.05) is 12.1 Å².